The molecule has 3 nitrogen and oxygen atoms in total. The van der Waals surface area contributed by atoms with Crippen LogP contribution in [-0.4, -0.2) is 10.1 Å². The molecule has 0 fully saturated rings. The fraction of sp³-hybridized carbons (Fsp3) is 0.263. The average molecular weight is 327 g/mol. The Bertz CT molecular complexity index is 773. The fourth-order valence-electron chi connectivity index (χ4n) is 2.71. The van der Waals surface area contributed by atoms with Crippen molar-refractivity contribution >= 4 is 11.6 Å². The molecular weight excluding hydrogens is 308 g/mol. The summed E-state index contributed by atoms with van der Waals surface area (Å²) in [7, 11) is 0. The van der Waals surface area contributed by atoms with Crippen molar-refractivity contribution < 1.29 is 4.52 Å². The molecule has 4 heteroatoms. The minimum atomic E-state index is 0.343. The second kappa shape index (κ2) is 6.97. The van der Waals surface area contributed by atoms with Crippen LogP contribution in [0, 0.1) is 13.8 Å². The van der Waals surface area contributed by atoms with Crippen LogP contribution in [0.15, 0.2) is 47.0 Å². The zero-order chi connectivity index (χ0) is 16.2. The molecule has 23 heavy (non-hydrogen) atoms. The van der Waals surface area contributed by atoms with Gasteiger partial charge in [-0.15, -0.1) is 11.6 Å². The third-order valence-corrected chi connectivity index (χ3v) is 4.05. The molecule has 118 valence electrons. The van der Waals surface area contributed by atoms with E-state index in [-0.39, 0.29) is 0 Å². The molecule has 0 aliphatic carbocycles. The van der Waals surface area contributed by atoms with Crippen LogP contribution < -0.4 is 0 Å². The molecule has 0 saturated carbocycles. The fourth-order valence-corrected chi connectivity index (χ4v) is 2.83. The van der Waals surface area contributed by atoms with Gasteiger partial charge in [0.05, 0.1) is 5.88 Å². The quantitative estimate of drug-likeness (QED) is 0.627. The number of hydrogen-bond donors (Lipinski definition) is 0. The molecule has 2 heterocycles. The highest BCUT2D eigenvalue weighted by molar-refractivity contribution is 6.16. The number of aromatic nitrogens is 2. The number of nitrogens with zero attached hydrogens (tertiary/aromatic N) is 2. The van der Waals surface area contributed by atoms with Gasteiger partial charge < -0.3 is 4.52 Å². The number of benzene rings is 1. The summed E-state index contributed by atoms with van der Waals surface area (Å²) in [4.78, 5) is 4.42. The topological polar surface area (TPSA) is 38.9 Å². The predicted molar refractivity (Wildman–Crippen MR) is 92.6 cm³/mol. The molecule has 0 unspecified atom stereocenters. The van der Waals surface area contributed by atoms with Gasteiger partial charge in [-0.1, -0.05) is 29.4 Å². The normalized spacial score (nSPS) is 10.9. The van der Waals surface area contributed by atoms with Gasteiger partial charge in [0.25, 0.3) is 0 Å². The summed E-state index contributed by atoms with van der Waals surface area (Å²) in [6.07, 6.45) is 2.03. The SMILES string of the molecule is Cc1cc(CCc2ccc(-c3cc(CCl)on3)cc2)cc(C)n1. The Morgan fingerprint density at radius 1 is 0.913 bits per heavy atom. The average Bonchev–Trinajstić information content (AvgIpc) is 3.02. The van der Waals surface area contributed by atoms with E-state index in [1.807, 2.05) is 19.9 Å². The highest BCUT2D eigenvalue weighted by Crippen LogP contribution is 2.21. The maximum absolute atomic E-state index is 5.74. The summed E-state index contributed by atoms with van der Waals surface area (Å²) in [6.45, 7) is 4.08. The Labute approximate surface area is 141 Å². The zero-order valence-corrected chi connectivity index (χ0v) is 14.1. The van der Waals surface area contributed by atoms with Crippen LogP contribution in [-0.2, 0) is 18.7 Å². The van der Waals surface area contributed by atoms with Gasteiger partial charge in [-0.25, -0.2) is 0 Å². The molecule has 3 aromatic rings. The smallest absolute Gasteiger partial charge is 0.152 e. The van der Waals surface area contributed by atoms with Crippen LogP contribution in [0.3, 0.4) is 0 Å². The third-order valence-electron chi connectivity index (χ3n) is 3.78. The molecule has 0 bridgehead atoms. The highest BCUT2D eigenvalue weighted by Gasteiger charge is 2.06. The Kier molecular flexibility index (Phi) is 4.77. The standard InChI is InChI=1S/C19H19ClN2O/c1-13-9-16(10-14(2)21-13)4-3-15-5-7-17(8-6-15)19-11-18(12-20)23-22-19/h5-11H,3-4,12H2,1-2H3. The molecule has 0 radical (unpaired) electrons. The number of halogens is 1. The number of rotatable bonds is 5. The first-order valence-corrected chi connectivity index (χ1v) is 8.22. The van der Waals surface area contributed by atoms with E-state index < -0.39 is 0 Å². The van der Waals surface area contributed by atoms with E-state index in [2.05, 4.69) is 46.5 Å². The molecule has 2 aromatic heterocycles. The third kappa shape index (κ3) is 3.99. The van der Waals surface area contributed by atoms with E-state index in [0.29, 0.717) is 11.6 Å². The van der Waals surface area contributed by atoms with Crippen molar-refractivity contribution in [3.8, 4) is 11.3 Å². The zero-order valence-electron chi connectivity index (χ0n) is 13.3. The van der Waals surface area contributed by atoms with E-state index in [1.54, 1.807) is 0 Å². The first-order valence-electron chi connectivity index (χ1n) is 7.69. The predicted octanol–water partition coefficient (Wildman–Crippen LogP) is 4.88. The van der Waals surface area contributed by atoms with E-state index in [0.717, 1.165) is 35.5 Å². The Hall–Kier alpha value is -2.13. The van der Waals surface area contributed by atoms with Crippen molar-refractivity contribution in [1.82, 2.24) is 10.1 Å². The van der Waals surface area contributed by atoms with Crippen LogP contribution in [0.4, 0.5) is 0 Å². The van der Waals surface area contributed by atoms with Gasteiger partial charge in [-0.2, -0.15) is 0 Å². The number of pyridine rings is 1. The maximum Gasteiger partial charge on any atom is 0.152 e. The monoisotopic (exact) mass is 326 g/mol. The summed E-state index contributed by atoms with van der Waals surface area (Å²) >= 11 is 5.74. The second-order valence-corrected chi connectivity index (χ2v) is 6.03. The Balaban J connectivity index is 1.67. The molecule has 0 N–H and O–H groups in total. The summed E-state index contributed by atoms with van der Waals surface area (Å²) in [5.41, 5.74) is 6.68. The molecule has 0 atom stereocenters. The van der Waals surface area contributed by atoms with Gasteiger partial charge in [-0.05, 0) is 49.9 Å². The van der Waals surface area contributed by atoms with E-state index in [1.165, 1.54) is 11.1 Å². The van der Waals surface area contributed by atoms with Crippen molar-refractivity contribution in [1.29, 1.82) is 0 Å². The summed E-state index contributed by atoms with van der Waals surface area (Å²) < 4.78 is 5.14. The second-order valence-electron chi connectivity index (χ2n) is 5.77. The van der Waals surface area contributed by atoms with E-state index in [9.17, 15) is 0 Å². The number of aryl methyl sites for hydroxylation is 4. The van der Waals surface area contributed by atoms with Crippen LogP contribution in [0.2, 0.25) is 0 Å². The molecule has 1 aromatic carbocycles. The lowest BCUT2D eigenvalue weighted by atomic mass is 10.0. The molecule has 0 aliphatic heterocycles. The van der Waals surface area contributed by atoms with Crippen LogP contribution in [0.5, 0.6) is 0 Å². The van der Waals surface area contributed by atoms with Crippen molar-refractivity contribution in [2.45, 2.75) is 32.6 Å². The van der Waals surface area contributed by atoms with Gasteiger partial charge in [0.1, 0.15) is 5.69 Å². The molecule has 0 spiro atoms. The molecule has 3 rings (SSSR count). The van der Waals surface area contributed by atoms with Crippen LogP contribution in [0.1, 0.15) is 28.3 Å². The van der Waals surface area contributed by atoms with Crippen molar-refractivity contribution in [2.75, 3.05) is 0 Å². The lowest BCUT2D eigenvalue weighted by Crippen LogP contribution is -1.95. The van der Waals surface area contributed by atoms with Gasteiger partial charge in [0.2, 0.25) is 0 Å². The molecule has 0 saturated heterocycles. The molecule has 0 amide bonds. The van der Waals surface area contributed by atoms with Crippen LogP contribution >= 0.6 is 11.6 Å². The van der Waals surface area contributed by atoms with E-state index in [4.69, 9.17) is 16.1 Å². The largest absolute Gasteiger partial charge is 0.359 e. The van der Waals surface area contributed by atoms with Gasteiger partial charge in [-0.3, -0.25) is 4.98 Å². The Morgan fingerprint density at radius 2 is 1.57 bits per heavy atom. The lowest BCUT2D eigenvalue weighted by Gasteiger charge is -2.05. The van der Waals surface area contributed by atoms with Crippen molar-refractivity contribution in [2.24, 2.45) is 0 Å². The van der Waals surface area contributed by atoms with Crippen molar-refractivity contribution in [3.63, 3.8) is 0 Å². The molecular formula is C19H19ClN2O. The van der Waals surface area contributed by atoms with Gasteiger partial charge >= 0.3 is 0 Å². The van der Waals surface area contributed by atoms with Crippen molar-refractivity contribution in [3.05, 3.63) is 70.7 Å². The van der Waals surface area contributed by atoms with Crippen LogP contribution in [0.25, 0.3) is 11.3 Å². The minimum Gasteiger partial charge on any atom is -0.359 e. The number of alkyl halides is 1. The van der Waals surface area contributed by atoms with Gasteiger partial charge in [0, 0.05) is 23.0 Å². The first kappa shape index (κ1) is 15.8. The Morgan fingerprint density at radius 3 is 2.17 bits per heavy atom. The summed E-state index contributed by atoms with van der Waals surface area (Å²) in [5.74, 6) is 1.03. The lowest BCUT2D eigenvalue weighted by molar-refractivity contribution is 0.396. The highest BCUT2D eigenvalue weighted by atomic mass is 35.5. The van der Waals surface area contributed by atoms with Gasteiger partial charge in [0.15, 0.2) is 5.76 Å². The summed E-state index contributed by atoms with van der Waals surface area (Å²) in [6, 6.07) is 14.6. The molecule has 0 aliphatic rings. The minimum absolute atomic E-state index is 0.343. The number of hydrogen-bond acceptors (Lipinski definition) is 3. The van der Waals surface area contributed by atoms with E-state index >= 15 is 0 Å². The maximum atomic E-state index is 5.74. The summed E-state index contributed by atoms with van der Waals surface area (Å²) in [5, 5.41) is 4.03. The first-order chi connectivity index (χ1) is 11.1.